The van der Waals surface area contributed by atoms with Crippen molar-refractivity contribution in [3.05, 3.63) is 57.4 Å². The Kier molecular flexibility index (Phi) is 4.24. The van der Waals surface area contributed by atoms with Crippen molar-refractivity contribution < 1.29 is 13.9 Å². The average Bonchev–Trinajstić information content (AvgIpc) is 2.97. The number of pyridine rings is 1. The lowest BCUT2D eigenvalue weighted by atomic mass is 9.88. The fraction of sp³-hybridized carbons (Fsp3) is 0.333. The van der Waals surface area contributed by atoms with E-state index in [1.54, 1.807) is 24.3 Å². The molecular weight excluding hydrogens is 364 g/mol. The second-order valence-electron chi connectivity index (χ2n) is 7.46. The van der Waals surface area contributed by atoms with E-state index in [9.17, 15) is 4.79 Å². The van der Waals surface area contributed by atoms with Gasteiger partial charge in [0.05, 0.1) is 23.3 Å². The Morgan fingerprint density at radius 3 is 2.63 bits per heavy atom. The topological polar surface area (TPSA) is 78.4 Å². The van der Waals surface area contributed by atoms with Crippen molar-refractivity contribution in [2.45, 2.75) is 45.8 Å². The minimum atomic E-state index is -0.309. The summed E-state index contributed by atoms with van der Waals surface area (Å²) in [5.41, 5.74) is 10.4. The summed E-state index contributed by atoms with van der Waals surface area (Å²) in [6.07, 6.45) is 1.44. The van der Waals surface area contributed by atoms with E-state index in [2.05, 4.69) is 4.98 Å². The zero-order valence-corrected chi connectivity index (χ0v) is 16.3. The number of anilines is 1. The first-order valence-corrected chi connectivity index (χ1v) is 9.35. The first-order valence-electron chi connectivity index (χ1n) is 8.97. The minimum absolute atomic E-state index is 0.125. The molecule has 0 radical (unpaired) electrons. The van der Waals surface area contributed by atoms with Crippen molar-refractivity contribution in [2.75, 3.05) is 5.73 Å². The van der Waals surface area contributed by atoms with Gasteiger partial charge >= 0.3 is 0 Å². The lowest BCUT2D eigenvalue weighted by Gasteiger charge is -2.33. The molecule has 0 aliphatic carbocycles. The van der Waals surface area contributed by atoms with Crippen LogP contribution >= 0.6 is 11.6 Å². The fourth-order valence-corrected chi connectivity index (χ4v) is 3.75. The molecule has 5 nitrogen and oxygen atoms in total. The van der Waals surface area contributed by atoms with E-state index >= 15 is 0 Å². The summed E-state index contributed by atoms with van der Waals surface area (Å²) in [7, 11) is 0. The fourth-order valence-electron chi connectivity index (χ4n) is 3.62. The molecule has 3 heterocycles. The smallest absolute Gasteiger partial charge is 0.230 e. The summed E-state index contributed by atoms with van der Waals surface area (Å²) in [5, 5.41) is 1.30. The molecule has 0 atom stereocenters. The van der Waals surface area contributed by atoms with Gasteiger partial charge in [0, 0.05) is 28.3 Å². The van der Waals surface area contributed by atoms with E-state index in [1.807, 2.05) is 20.8 Å². The van der Waals surface area contributed by atoms with Crippen LogP contribution in [0.15, 0.2) is 28.7 Å². The molecule has 2 N–H and O–H groups in total. The molecule has 2 aromatic heterocycles. The number of ketones is 1. The van der Waals surface area contributed by atoms with E-state index in [0.717, 1.165) is 28.6 Å². The van der Waals surface area contributed by atoms with Crippen LogP contribution in [0.2, 0.25) is 5.02 Å². The van der Waals surface area contributed by atoms with Gasteiger partial charge in [0.1, 0.15) is 0 Å². The molecule has 0 saturated heterocycles. The molecule has 0 fully saturated rings. The monoisotopic (exact) mass is 384 g/mol. The van der Waals surface area contributed by atoms with Crippen molar-refractivity contribution in [1.29, 1.82) is 0 Å². The molecule has 1 aliphatic heterocycles. The molecule has 0 spiro atoms. The first kappa shape index (κ1) is 18.0. The lowest BCUT2D eigenvalue weighted by molar-refractivity contribution is -0.0401. The summed E-state index contributed by atoms with van der Waals surface area (Å²) in [6.45, 7) is 6.62. The van der Waals surface area contributed by atoms with E-state index in [1.165, 1.54) is 0 Å². The molecule has 1 aromatic carbocycles. The molecule has 3 aromatic rings. The van der Waals surface area contributed by atoms with Crippen molar-refractivity contribution in [3.63, 3.8) is 0 Å². The van der Waals surface area contributed by atoms with Crippen LogP contribution in [0.1, 0.15) is 53.7 Å². The molecule has 1 aliphatic rings. The van der Waals surface area contributed by atoms with Gasteiger partial charge in [0.2, 0.25) is 17.3 Å². The average molecular weight is 385 g/mol. The number of halogens is 1. The van der Waals surface area contributed by atoms with Crippen molar-refractivity contribution in [3.8, 4) is 0 Å². The Bertz CT molecular complexity index is 1050. The van der Waals surface area contributed by atoms with E-state index in [-0.39, 0.29) is 17.1 Å². The number of carbonyl (C=O) groups is 1. The zero-order chi connectivity index (χ0) is 19.3. The molecule has 6 heteroatoms. The van der Waals surface area contributed by atoms with Crippen molar-refractivity contribution in [1.82, 2.24) is 4.98 Å². The molecule has 140 valence electrons. The normalized spacial score (nSPS) is 15.7. The summed E-state index contributed by atoms with van der Waals surface area (Å²) >= 11 is 5.92. The van der Waals surface area contributed by atoms with Crippen LogP contribution in [0, 0.1) is 0 Å². The van der Waals surface area contributed by atoms with Gasteiger partial charge in [-0.3, -0.25) is 4.79 Å². The maximum atomic E-state index is 12.9. The second kappa shape index (κ2) is 6.36. The van der Waals surface area contributed by atoms with Gasteiger partial charge in [0.25, 0.3) is 0 Å². The van der Waals surface area contributed by atoms with Gasteiger partial charge < -0.3 is 14.9 Å². The van der Waals surface area contributed by atoms with Gasteiger partial charge in [-0.2, -0.15) is 0 Å². The highest BCUT2D eigenvalue weighted by molar-refractivity contribution is 6.30. The molecule has 0 amide bonds. The summed E-state index contributed by atoms with van der Waals surface area (Å²) in [6, 6.07) is 6.66. The molecule has 4 rings (SSSR count). The molecule has 0 bridgehead atoms. The van der Waals surface area contributed by atoms with Crippen LogP contribution in [0.25, 0.3) is 11.1 Å². The number of fused-ring (bicyclic) bond motifs is 3. The number of ether oxygens (including phenoxy) is 1. The highest BCUT2D eigenvalue weighted by Gasteiger charge is 2.33. The molecule has 27 heavy (non-hydrogen) atoms. The van der Waals surface area contributed by atoms with Gasteiger partial charge in [-0.1, -0.05) is 18.5 Å². The van der Waals surface area contributed by atoms with Gasteiger partial charge in [-0.25, -0.2) is 4.98 Å². The number of hydrogen-bond acceptors (Lipinski definition) is 5. The number of benzene rings is 1. The number of nitrogen functional groups attached to an aromatic ring is 1. The number of rotatable bonds is 3. The third kappa shape index (κ3) is 3.01. The zero-order valence-electron chi connectivity index (χ0n) is 15.6. The van der Waals surface area contributed by atoms with Crippen LogP contribution in [-0.4, -0.2) is 16.4 Å². The number of carbonyl (C=O) groups excluding carboxylic acids is 1. The van der Waals surface area contributed by atoms with Gasteiger partial charge in [-0.15, -0.1) is 0 Å². The Labute approximate surface area is 162 Å². The van der Waals surface area contributed by atoms with E-state index < -0.39 is 0 Å². The second-order valence-corrected chi connectivity index (χ2v) is 7.89. The Morgan fingerprint density at radius 2 is 1.96 bits per heavy atom. The highest BCUT2D eigenvalue weighted by Crippen LogP contribution is 2.39. The largest absolute Gasteiger partial charge is 0.432 e. The maximum absolute atomic E-state index is 12.9. The highest BCUT2D eigenvalue weighted by atomic mass is 35.5. The van der Waals surface area contributed by atoms with Crippen LogP contribution in [0.5, 0.6) is 0 Å². The van der Waals surface area contributed by atoms with Crippen LogP contribution in [-0.2, 0) is 24.2 Å². The summed E-state index contributed by atoms with van der Waals surface area (Å²) in [5.74, 6) is -0.153. The quantitative estimate of drug-likeness (QED) is 0.661. The number of hydrogen-bond donors (Lipinski definition) is 1. The third-order valence-corrected chi connectivity index (χ3v) is 5.29. The summed E-state index contributed by atoms with van der Waals surface area (Å²) < 4.78 is 11.8. The number of aryl methyl sites for hydroxylation is 1. The van der Waals surface area contributed by atoms with Crippen LogP contribution in [0.4, 0.5) is 5.69 Å². The molecule has 0 unspecified atom stereocenters. The van der Waals surface area contributed by atoms with Crippen molar-refractivity contribution >= 4 is 34.2 Å². The number of nitrogens with two attached hydrogens (primary N) is 1. The first-order chi connectivity index (χ1) is 12.8. The molecule has 0 saturated carbocycles. The van der Waals surface area contributed by atoms with E-state index in [0.29, 0.717) is 35.0 Å². The third-order valence-electron chi connectivity index (χ3n) is 5.03. The maximum Gasteiger partial charge on any atom is 0.230 e. The number of nitrogens with zero attached hydrogens (tertiary/aromatic N) is 1. The minimum Gasteiger partial charge on any atom is -0.432 e. The Morgan fingerprint density at radius 1 is 1.26 bits per heavy atom. The van der Waals surface area contributed by atoms with Gasteiger partial charge in [0.15, 0.2) is 0 Å². The Hall–Kier alpha value is -2.37. The Balaban J connectivity index is 1.91. The van der Waals surface area contributed by atoms with E-state index in [4.69, 9.17) is 26.5 Å². The number of aromatic nitrogens is 1. The van der Waals surface area contributed by atoms with Crippen LogP contribution < -0.4 is 5.73 Å². The van der Waals surface area contributed by atoms with Crippen LogP contribution in [0.3, 0.4) is 0 Å². The molecular formula is C21H21ClN2O3. The lowest BCUT2D eigenvalue weighted by Crippen LogP contribution is -2.32. The van der Waals surface area contributed by atoms with Gasteiger partial charge in [-0.05, 0) is 50.1 Å². The summed E-state index contributed by atoms with van der Waals surface area (Å²) in [4.78, 5) is 17.6. The standard InChI is InChI=1S/C21H21ClN2O3/c1-4-15-14-10-26-21(2,3)9-13(14)16-17(23)19(27-20(16)24-15)18(25)11-5-7-12(22)8-6-11/h5-8H,4,9-10,23H2,1-3H3. The van der Waals surface area contributed by atoms with Crippen molar-refractivity contribution in [2.24, 2.45) is 0 Å². The predicted molar refractivity (Wildman–Crippen MR) is 105 cm³/mol. The number of furan rings is 1. The predicted octanol–water partition coefficient (Wildman–Crippen LogP) is 4.71. The SMILES string of the molecule is CCc1nc2oc(C(=O)c3ccc(Cl)cc3)c(N)c2c2c1COC(C)(C)C2.